The molecule has 0 bridgehead atoms. The van der Waals surface area contributed by atoms with Crippen molar-refractivity contribution in [2.75, 3.05) is 25.1 Å². The zero-order valence-electron chi connectivity index (χ0n) is 16.0. The fourth-order valence-corrected chi connectivity index (χ4v) is 4.81. The Morgan fingerprint density at radius 1 is 1.35 bits per heavy atom. The molecule has 6 heteroatoms. The van der Waals surface area contributed by atoms with Gasteiger partial charge in [0.15, 0.2) is 11.6 Å². The fraction of sp³-hybridized carbons (Fsp3) is 0.750. The van der Waals surface area contributed by atoms with Crippen LogP contribution in [0.1, 0.15) is 58.3 Å². The summed E-state index contributed by atoms with van der Waals surface area (Å²) in [5, 5.41) is 3.42. The van der Waals surface area contributed by atoms with Gasteiger partial charge in [0.25, 0.3) is 0 Å². The monoisotopic (exact) mass is 358 g/mol. The van der Waals surface area contributed by atoms with Gasteiger partial charge in [-0.1, -0.05) is 19.8 Å². The second kappa shape index (κ2) is 6.71. The summed E-state index contributed by atoms with van der Waals surface area (Å²) >= 11 is 0. The fourth-order valence-electron chi connectivity index (χ4n) is 4.81. The van der Waals surface area contributed by atoms with Crippen LogP contribution in [0, 0.1) is 10.8 Å². The van der Waals surface area contributed by atoms with Crippen molar-refractivity contribution in [2.45, 2.75) is 64.3 Å². The molecule has 142 valence electrons. The molecule has 4 rings (SSSR count). The Morgan fingerprint density at radius 2 is 2.19 bits per heavy atom. The molecule has 6 nitrogen and oxygen atoms in total. The molecule has 1 aliphatic heterocycles. The number of rotatable bonds is 5. The van der Waals surface area contributed by atoms with Gasteiger partial charge in [-0.25, -0.2) is 9.97 Å². The van der Waals surface area contributed by atoms with E-state index in [0.29, 0.717) is 6.42 Å². The number of hydrogen-bond donors (Lipinski definition) is 1. The van der Waals surface area contributed by atoms with Crippen LogP contribution >= 0.6 is 0 Å². The number of nitrogens with one attached hydrogen (secondary N) is 1. The first-order chi connectivity index (χ1) is 12.5. The number of carbonyl (C=O) groups is 1. The second-order valence-electron chi connectivity index (χ2n) is 8.80. The zero-order valence-corrected chi connectivity index (χ0v) is 16.0. The van der Waals surface area contributed by atoms with Gasteiger partial charge in [-0.3, -0.25) is 4.79 Å². The van der Waals surface area contributed by atoms with Crippen molar-refractivity contribution in [3.05, 3.63) is 12.5 Å². The van der Waals surface area contributed by atoms with Crippen LogP contribution in [0.3, 0.4) is 0 Å². The molecule has 1 amide bonds. The number of ether oxygens (including phenoxy) is 1. The SMILES string of the molecule is COc1cncnc1N1CCC2(CCCCC2NC(=O)CC2(C)CC2)C1. The number of nitrogens with zero attached hydrogens (tertiary/aromatic N) is 3. The summed E-state index contributed by atoms with van der Waals surface area (Å²) in [6.45, 7) is 4.11. The lowest BCUT2D eigenvalue weighted by Crippen LogP contribution is -2.51. The van der Waals surface area contributed by atoms with Crippen LogP contribution in [0.5, 0.6) is 5.75 Å². The molecular weight excluding hydrogens is 328 g/mol. The van der Waals surface area contributed by atoms with Crippen molar-refractivity contribution in [2.24, 2.45) is 10.8 Å². The van der Waals surface area contributed by atoms with E-state index in [9.17, 15) is 4.79 Å². The standard InChI is InChI=1S/C20H30N4O2/c1-19(7-8-19)11-17(25)23-16-5-3-4-6-20(16)9-10-24(13-20)18-15(26-2)12-21-14-22-18/h12,14,16H,3-11,13H2,1-2H3,(H,23,25). The molecule has 1 aromatic heterocycles. The number of anilines is 1. The van der Waals surface area contributed by atoms with Crippen molar-refractivity contribution in [1.29, 1.82) is 0 Å². The van der Waals surface area contributed by atoms with E-state index in [2.05, 4.69) is 27.1 Å². The van der Waals surface area contributed by atoms with Crippen molar-refractivity contribution in [3.8, 4) is 5.75 Å². The van der Waals surface area contributed by atoms with Crippen LogP contribution in [0.4, 0.5) is 5.82 Å². The molecule has 0 radical (unpaired) electrons. The van der Waals surface area contributed by atoms with Gasteiger partial charge in [0.1, 0.15) is 6.33 Å². The molecule has 1 saturated heterocycles. The Labute approximate surface area is 155 Å². The lowest BCUT2D eigenvalue weighted by atomic mass is 9.69. The molecule has 2 unspecified atom stereocenters. The molecule has 2 atom stereocenters. The van der Waals surface area contributed by atoms with Gasteiger partial charge >= 0.3 is 0 Å². The molecular formula is C20H30N4O2. The van der Waals surface area contributed by atoms with Gasteiger partial charge in [0.05, 0.1) is 13.3 Å². The summed E-state index contributed by atoms with van der Waals surface area (Å²) in [6, 6.07) is 0.281. The van der Waals surface area contributed by atoms with Crippen LogP contribution in [-0.2, 0) is 4.79 Å². The lowest BCUT2D eigenvalue weighted by Gasteiger charge is -2.42. The number of aromatic nitrogens is 2. The average molecular weight is 358 g/mol. The number of amides is 1. The van der Waals surface area contributed by atoms with E-state index < -0.39 is 0 Å². The smallest absolute Gasteiger partial charge is 0.220 e. The average Bonchev–Trinajstić information content (AvgIpc) is 3.21. The van der Waals surface area contributed by atoms with Gasteiger partial charge in [0.2, 0.25) is 5.91 Å². The molecule has 2 aliphatic carbocycles. The maximum atomic E-state index is 12.6. The molecule has 1 spiro atoms. The summed E-state index contributed by atoms with van der Waals surface area (Å²) in [5.74, 6) is 1.84. The maximum absolute atomic E-state index is 12.6. The summed E-state index contributed by atoms with van der Waals surface area (Å²) in [7, 11) is 1.66. The zero-order chi connectivity index (χ0) is 18.2. The molecule has 26 heavy (non-hydrogen) atoms. The van der Waals surface area contributed by atoms with Gasteiger partial charge < -0.3 is 15.0 Å². The molecule has 2 saturated carbocycles. The van der Waals surface area contributed by atoms with Crippen LogP contribution in [0.2, 0.25) is 0 Å². The van der Waals surface area contributed by atoms with Gasteiger partial charge in [-0.2, -0.15) is 0 Å². The first kappa shape index (κ1) is 17.6. The first-order valence-electron chi connectivity index (χ1n) is 9.92. The van der Waals surface area contributed by atoms with Gasteiger partial charge in [-0.15, -0.1) is 0 Å². The topological polar surface area (TPSA) is 67.4 Å². The van der Waals surface area contributed by atoms with Crippen molar-refractivity contribution < 1.29 is 9.53 Å². The highest BCUT2D eigenvalue weighted by Gasteiger charge is 2.48. The van der Waals surface area contributed by atoms with E-state index in [1.165, 1.54) is 32.1 Å². The van der Waals surface area contributed by atoms with E-state index in [1.54, 1.807) is 19.6 Å². The summed E-state index contributed by atoms with van der Waals surface area (Å²) in [5.41, 5.74) is 0.427. The van der Waals surface area contributed by atoms with E-state index in [-0.39, 0.29) is 22.8 Å². The molecule has 3 aliphatic rings. The highest BCUT2D eigenvalue weighted by Crippen LogP contribution is 2.49. The summed E-state index contributed by atoms with van der Waals surface area (Å²) in [6.07, 6.45) is 12.2. The largest absolute Gasteiger partial charge is 0.491 e. The third kappa shape index (κ3) is 3.38. The third-order valence-corrected chi connectivity index (χ3v) is 6.75. The molecule has 1 N–H and O–H groups in total. The molecule has 1 aromatic rings. The number of hydrogen-bond acceptors (Lipinski definition) is 5. The van der Waals surface area contributed by atoms with Crippen LogP contribution < -0.4 is 15.0 Å². The Morgan fingerprint density at radius 3 is 2.96 bits per heavy atom. The normalized spacial score (nSPS) is 29.6. The quantitative estimate of drug-likeness (QED) is 0.876. The number of methoxy groups -OCH3 is 1. The predicted octanol–water partition coefficient (Wildman–Crippen LogP) is 2.93. The first-order valence-corrected chi connectivity index (χ1v) is 9.92. The van der Waals surface area contributed by atoms with E-state index >= 15 is 0 Å². The van der Waals surface area contributed by atoms with Crippen LogP contribution in [0.15, 0.2) is 12.5 Å². The van der Waals surface area contributed by atoms with Crippen molar-refractivity contribution in [1.82, 2.24) is 15.3 Å². The Bertz CT molecular complexity index is 676. The Balaban J connectivity index is 1.47. The molecule has 3 fully saturated rings. The van der Waals surface area contributed by atoms with E-state index in [0.717, 1.165) is 37.5 Å². The van der Waals surface area contributed by atoms with Gasteiger partial charge in [0, 0.05) is 31.0 Å². The summed E-state index contributed by atoms with van der Waals surface area (Å²) < 4.78 is 5.45. The predicted molar refractivity (Wildman–Crippen MR) is 100 cm³/mol. The maximum Gasteiger partial charge on any atom is 0.220 e. The second-order valence-corrected chi connectivity index (χ2v) is 8.80. The minimum absolute atomic E-state index is 0.161. The van der Waals surface area contributed by atoms with Crippen LogP contribution in [0.25, 0.3) is 0 Å². The van der Waals surface area contributed by atoms with Gasteiger partial charge in [-0.05, 0) is 37.5 Å². The minimum atomic E-state index is 0.161. The van der Waals surface area contributed by atoms with Crippen LogP contribution in [-0.4, -0.2) is 42.1 Å². The Kier molecular flexibility index (Phi) is 4.53. The summed E-state index contributed by atoms with van der Waals surface area (Å²) in [4.78, 5) is 23.4. The van der Waals surface area contributed by atoms with Crippen molar-refractivity contribution >= 4 is 11.7 Å². The van der Waals surface area contributed by atoms with E-state index in [1.807, 2.05) is 0 Å². The highest BCUT2D eigenvalue weighted by atomic mass is 16.5. The Hall–Kier alpha value is -1.85. The minimum Gasteiger partial charge on any atom is -0.491 e. The highest BCUT2D eigenvalue weighted by molar-refractivity contribution is 5.77. The molecule has 0 aromatic carbocycles. The third-order valence-electron chi connectivity index (χ3n) is 6.75. The molecule has 2 heterocycles. The van der Waals surface area contributed by atoms with E-state index in [4.69, 9.17) is 4.74 Å². The van der Waals surface area contributed by atoms with Crippen molar-refractivity contribution in [3.63, 3.8) is 0 Å². The lowest BCUT2D eigenvalue weighted by molar-refractivity contribution is -0.124. The number of carbonyl (C=O) groups excluding carboxylic acids is 1.